The molecule has 9 heteroatoms. The fourth-order valence-electron chi connectivity index (χ4n) is 1.56. The van der Waals surface area contributed by atoms with Crippen LogP contribution in [-0.4, -0.2) is 44.3 Å². The van der Waals surface area contributed by atoms with Crippen molar-refractivity contribution < 1.29 is 79.5 Å². The Morgan fingerprint density at radius 2 is 0.552 bits per heavy atom. The van der Waals surface area contributed by atoms with Gasteiger partial charge in [-0.1, -0.05) is 78.1 Å². The molecule has 0 aliphatic carbocycles. The van der Waals surface area contributed by atoms with E-state index in [-0.39, 0.29) is 39.9 Å². The second-order valence-corrected chi connectivity index (χ2v) is 5.90. The van der Waals surface area contributed by atoms with E-state index in [1.807, 2.05) is 0 Å². The SMILES string of the molecule is CC(=O)O.CC(=O)O.CC(=O)O.CC(=O)O.CCCCCCCCCCCC.[Gd]. The average molecular weight is 568 g/mol. The Morgan fingerprint density at radius 3 is 0.655 bits per heavy atom. The van der Waals surface area contributed by atoms with Crippen LogP contribution in [0.4, 0.5) is 0 Å². The first-order valence-corrected chi connectivity index (χ1v) is 9.63. The molecule has 0 fully saturated rings. The molecule has 0 atom stereocenters. The molecule has 0 aliphatic heterocycles. The summed E-state index contributed by atoms with van der Waals surface area (Å²) in [6.45, 7) is 8.89. The first-order chi connectivity index (χ1) is 12.8. The number of unbranched alkanes of at least 4 members (excludes halogenated alkanes) is 9. The first kappa shape index (κ1) is 42.3. The average Bonchev–Trinajstić information content (AvgIpc) is 2.48. The number of hydrogen-bond donors (Lipinski definition) is 4. The van der Waals surface area contributed by atoms with Crippen molar-refractivity contribution in [1.29, 1.82) is 0 Å². The first-order valence-electron chi connectivity index (χ1n) is 9.63. The third-order valence-electron chi connectivity index (χ3n) is 2.46. The summed E-state index contributed by atoms with van der Waals surface area (Å²) >= 11 is 0. The van der Waals surface area contributed by atoms with Gasteiger partial charge in [0, 0.05) is 67.6 Å². The molecular formula is C20H42GdO8. The molecule has 0 unspecified atom stereocenters. The number of carboxylic acids is 4. The molecule has 0 rings (SSSR count). The van der Waals surface area contributed by atoms with Gasteiger partial charge in [-0.3, -0.25) is 19.2 Å². The monoisotopic (exact) mass is 568 g/mol. The van der Waals surface area contributed by atoms with Gasteiger partial charge in [0.25, 0.3) is 23.9 Å². The number of aliphatic carboxylic acids is 4. The second-order valence-electron chi connectivity index (χ2n) is 5.90. The number of rotatable bonds is 9. The smallest absolute Gasteiger partial charge is 0.300 e. The van der Waals surface area contributed by atoms with Gasteiger partial charge in [-0.2, -0.15) is 0 Å². The Morgan fingerprint density at radius 1 is 0.448 bits per heavy atom. The van der Waals surface area contributed by atoms with Crippen molar-refractivity contribution in [2.45, 2.75) is 106 Å². The van der Waals surface area contributed by atoms with E-state index in [0.717, 1.165) is 27.7 Å². The van der Waals surface area contributed by atoms with Crippen LogP contribution in [0.1, 0.15) is 106 Å². The molecule has 8 nitrogen and oxygen atoms in total. The molecule has 0 aromatic heterocycles. The van der Waals surface area contributed by atoms with Crippen LogP contribution in [0, 0.1) is 39.9 Å². The van der Waals surface area contributed by atoms with Crippen LogP contribution < -0.4 is 0 Å². The molecule has 29 heavy (non-hydrogen) atoms. The van der Waals surface area contributed by atoms with E-state index in [4.69, 9.17) is 39.6 Å². The maximum atomic E-state index is 9.00. The van der Waals surface area contributed by atoms with Gasteiger partial charge in [-0.25, -0.2) is 0 Å². The molecular weight excluding hydrogens is 525 g/mol. The minimum Gasteiger partial charge on any atom is -0.481 e. The molecule has 0 bridgehead atoms. The minimum atomic E-state index is -0.833. The molecule has 178 valence electrons. The third-order valence-corrected chi connectivity index (χ3v) is 2.46. The van der Waals surface area contributed by atoms with Crippen molar-refractivity contribution in [2.24, 2.45) is 0 Å². The maximum Gasteiger partial charge on any atom is 0.300 e. The minimum absolute atomic E-state index is 0. The molecule has 0 amide bonds. The van der Waals surface area contributed by atoms with E-state index < -0.39 is 23.9 Å². The standard InChI is InChI=1S/C12H26.4C2H4O2.Gd/c1-3-5-7-9-11-12-10-8-6-4-2;4*1-2(3)4;/h3-12H2,1-2H3;4*1H3,(H,3,4);. The number of carbonyl (C=O) groups is 4. The predicted octanol–water partition coefficient (Wildman–Crippen LogP) is 5.29. The molecule has 4 N–H and O–H groups in total. The van der Waals surface area contributed by atoms with Crippen molar-refractivity contribution >= 4 is 23.9 Å². The van der Waals surface area contributed by atoms with Crippen molar-refractivity contribution in [3.05, 3.63) is 0 Å². The van der Waals surface area contributed by atoms with E-state index in [2.05, 4.69) is 13.8 Å². The summed E-state index contributed by atoms with van der Waals surface area (Å²) < 4.78 is 0. The van der Waals surface area contributed by atoms with Gasteiger partial charge in [-0.15, -0.1) is 0 Å². The molecule has 0 aromatic rings. The summed E-state index contributed by atoms with van der Waals surface area (Å²) in [6, 6.07) is 0. The molecule has 0 spiro atoms. The largest absolute Gasteiger partial charge is 0.481 e. The van der Waals surface area contributed by atoms with E-state index >= 15 is 0 Å². The summed E-state index contributed by atoms with van der Waals surface area (Å²) in [6.07, 6.45) is 14.4. The van der Waals surface area contributed by atoms with Crippen LogP contribution in [0.15, 0.2) is 0 Å². The van der Waals surface area contributed by atoms with Gasteiger partial charge < -0.3 is 20.4 Å². The zero-order valence-corrected chi connectivity index (χ0v) is 21.1. The molecule has 0 heterocycles. The number of hydrogen-bond acceptors (Lipinski definition) is 4. The topological polar surface area (TPSA) is 149 Å². The third kappa shape index (κ3) is 257. The summed E-state index contributed by atoms with van der Waals surface area (Å²) in [5.74, 6) is -3.33. The Bertz CT molecular complexity index is 286. The summed E-state index contributed by atoms with van der Waals surface area (Å²) in [4.78, 5) is 36.0. The van der Waals surface area contributed by atoms with E-state index in [1.54, 1.807) is 0 Å². The fourth-order valence-corrected chi connectivity index (χ4v) is 1.56. The molecule has 0 aliphatic rings. The Labute approximate surface area is 208 Å². The Kier molecular flexibility index (Phi) is 60.7. The van der Waals surface area contributed by atoms with Gasteiger partial charge in [0.05, 0.1) is 0 Å². The van der Waals surface area contributed by atoms with Gasteiger partial charge in [-0.05, 0) is 0 Å². The van der Waals surface area contributed by atoms with Gasteiger partial charge in [0.15, 0.2) is 0 Å². The van der Waals surface area contributed by atoms with Crippen LogP contribution in [0.2, 0.25) is 0 Å². The second kappa shape index (κ2) is 41.5. The van der Waals surface area contributed by atoms with Gasteiger partial charge >= 0.3 is 0 Å². The Balaban J connectivity index is -0.0000000648. The molecule has 0 saturated carbocycles. The predicted molar refractivity (Wildman–Crippen MR) is 111 cm³/mol. The Hall–Kier alpha value is -0.795. The molecule has 0 saturated heterocycles. The van der Waals surface area contributed by atoms with Crippen LogP contribution in [0.25, 0.3) is 0 Å². The van der Waals surface area contributed by atoms with Crippen LogP contribution in [-0.2, 0) is 19.2 Å². The van der Waals surface area contributed by atoms with Crippen molar-refractivity contribution in [1.82, 2.24) is 0 Å². The van der Waals surface area contributed by atoms with Gasteiger partial charge in [0.1, 0.15) is 0 Å². The van der Waals surface area contributed by atoms with E-state index in [0.29, 0.717) is 0 Å². The van der Waals surface area contributed by atoms with Crippen molar-refractivity contribution in [3.8, 4) is 0 Å². The van der Waals surface area contributed by atoms with Crippen LogP contribution in [0.3, 0.4) is 0 Å². The van der Waals surface area contributed by atoms with Crippen LogP contribution >= 0.6 is 0 Å². The molecule has 0 aromatic carbocycles. The zero-order chi connectivity index (χ0) is 23.4. The zero-order valence-electron chi connectivity index (χ0n) is 18.8. The fraction of sp³-hybridized carbons (Fsp3) is 0.800. The van der Waals surface area contributed by atoms with Crippen molar-refractivity contribution in [3.63, 3.8) is 0 Å². The van der Waals surface area contributed by atoms with Gasteiger partial charge in [0.2, 0.25) is 0 Å². The summed E-state index contributed by atoms with van der Waals surface area (Å²) in [5, 5.41) is 29.7. The summed E-state index contributed by atoms with van der Waals surface area (Å²) in [5.41, 5.74) is 0. The normalized spacial score (nSPS) is 7.79. The quantitative estimate of drug-likeness (QED) is 0.275. The van der Waals surface area contributed by atoms with Crippen molar-refractivity contribution in [2.75, 3.05) is 0 Å². The summed E-state index contributed by atoms with van der Waals surface area (Å²) in [7, 11) is 0. The maximum absolute atomic E-state index is 9.00. The van der Waals surface area contributed by atoms with Crippen LogP contribution in [0.5, 0.6) is 0 Å². The van der Waals surface area contributed by atoms with E-state index in [1.165, 1.54) is 64.2 Å². The number of carboxylic acid groups (broad SMARTS) is 4. The molecule has 0 radical (unpaired) electrons. The van der Waals surface area contributed by atoms with E-state index in [9.17, 15) is 0 Å².